The Hall–Kier alpha value is -2.26. The van der Waals surface area contributed by atoms with Gasteiger partial charge in [-0.2, -0.15) is 4.31 Å². The Labute approximate surface area is 168 Å². The maximum absolute atomic E-state index is 12.7. The van der Waals surface area contributed by atoms with Crippen LogP contribution in [-0.4, -0.2) is 44.0 Å². The Morgan fingerprint density at radius 2 is 1.75 bits per heavy atom. The van der Waals surface area contributed by atoms with E-state index in [2.05, 4.69) is 4.98 Å². The Bertz CT molecular complexity index is 1010. The number of thiazole rings is 1. The topological polar surface area (TPSA) is 68.7 Å². The van der Waals surface area contributed by atoms with Gasteiger partial charge in [-0.3, -0.25) is 0 Å². The first-order chi connectivity index (χ1) is 13.6. The Morgan fingerprint density at radius 1 is 1.04 bits per heavy atom. The van der Waals surface area contributed by atoms with Gasteiger partial charge in [-0.15, -0.1) is 11.3 Å². The fourth-order valence-electron chi connectivity index (χ4n) is 2.91. The predicted molar refractivity (Wildman–Crippen MR) is 108 cm³/mol. The molecule has 4 rings (SSSR count). The highest BCUT2D eigenvalue weighted by molar-refractivity contribution is 7.89. The minimum absolute atomic E-state index is 0.293. The third kappa shape index (κ3) is 4.25. The number of para-hydroxylation sites is 1. The summed E-state index contributed by atoms with van der Waals surface area (Å²) in [5.74, 6) is 0.803. The summed E-state index contributed by atoms with van der Waals surface area (Å²) < 4.78 is 37.8. The molecular weight excluding hydrogens is 396 g/mol. The summed E-state index contributed by atoms with van der Waals surface area (Å²) >= 11 is 1.52. The van der Waals surface area contributed by atoms with Gasteiger partial charge in [0.1, 0.15) is 17.4 Å². The highest BCUT2D eigenvalue weighted by Crippen LogP contribution is 2.25. The molecule has 0 bridgehead atoms. The summed E-state index contributed by atoms with van der Waals surface area (Å²) in [7, 11) is -3.48. The van der Waals surface area contributed by atoms with Crippen LogP contribution >= 0.6 is 11.3 Å². The number of morpholine rings is 1. The molecule has 0 spiro atoms. The molecule has 6 nitrogen and oxygen atoms in total. The number of nitrogens with zero attached hydrogens (tertiary/aromatic N) is 2. The van der Waals surface area contributed by atoms with Gasteiger partial charge in [0.05, 0.1) is 23.8 Å². The average molecular weight is 417 g/mol. The second-order valence-electron chi connectivity index (χ2n) is 6.27. The number of ether oxygens (including phenoxy) is 2. The fourth-order valence-corrected chi connectivity index (χ4v) is 5.03. The van der Waals surface area contributed by atoms with Gasteiger partial charge in [-0.1, -0.05) is 30.3 Å². The molecule has 2 aromatic carbocycles. The summed E-state index contributed by atoms with van der Waals surface area (Å²) in [6.07, 6.45) is 0. The van der Waals surface area contributed by atoms with Crippen molar-refractivity contribution in [3.63, 3.8) is 0 Å². The Balaban J connectivity index is 1.45. The van der Waals surface area contributed by atoms with Crippen molar-refractivity contribution >= 4 is 21.4 Å². The maximum atomic E-state index is 12.7. The van der Waals surface area contributed by atoms with E-state index in [0.717, 1.165) is 22.0 Å². The van der Waals surface area contributed by atoms with Crippen LogP contribution in [0.15, 0.2) is 64.9 Å². The lowest BCUT2D eigenvalue weighted by molar-refractivity contribution is 0.0730. The van der Waals surface area contributed by atoms with Crippen LogP contribution in [0.3, 0.4) is 0 Å². The van der Waals surface area contributed by atoms with E-state index in [-0.39, 0.29) is 0 Å². The smallest absolute Gasteiger partial charge is 0.243 e. The van der Waals surface area contributed by atoms with E-state index in [4.69, 9.17) is 9.47 Å². The number of rotatable bonds is 6. The zero-order valence-electron chi connectivity index (χ0n) is 15.2. The molecule has 0 N–H and O–H groups in total. The number of sulfonamides is 1. The van der Waals surface area contributed by atoms with E-state index in [1.54, 1.807) is 24.3 Å². The average Bonchev–Trinajstić information content (AvgIpc) is 3.23. The zero-order chi connectivity index (χ0) is 19.4. The van der Waals surface area contributed by atoms with Crippen LogP contribution in [0, 0.1) is 0 Å². The summed E-state index contributed by atoms with van der Waals surface area (Å²) in [6.45, 7) is 2.05. The van der Waals surface area contributed by atoms with Crippen molar-refractivity contribution in [2.75, 3.05) is 26.3 Å². The van der Waals surface area contributed by atoms with E-state index in [9.17, 15) is 8.42 Å². The van der Waals surface area contributed by atoms with Gasteiger partial charge in [0, 0.05) is 24.0 Å². The molecule has 1 aliphatic rings. The van der Waals surface area contributed by atoms with Crippen molar-refractivity contribution in [2.45, 2.75) is 11.5 Å². The quantitative estimate of drug-likeness (QED) is 0.616. The van der Waals surface area contributed by atoms with Gasteiger partial charge in [0.25, 0.3) is 0 Å². The minimum atomic E-state index is -3.48. The zero-order valence-corrected chi connectivity index (χ0v) is 16.8. The first-order valence-corrected chi connectivity index (χ1v) is 11.3. The van der Waals surface area contributed by atoms with Crippen molar-refractivity contribution in [1.29, 1.82) is 0 Å². The normalized spacial score (nSPS) is 15.4. The van der Waals surface area contributed by atoms with Crippen LogP contribution in [0.25, 0.3) is 11.3 Å². The van der Waals surface area contributed by atoms with E-state index in [0.29, 0.717) is 37.8 Å². The van der Waals surface area contributed by atoms with Crippen molar-refractivity contribution in [2.24, 2.45) is 0 Å². The molecule has 2 heterocycles. The molecule has 8 heteroatoms. The maximum Gasteiger partial charge on any atom is 0.243 e. The Kier molecular flexibility index (Phi) is 5.72. The monoisotopic (exact) mass is 416 g/mol. The highest BCUT2D eigenvalue weighted by Gasteiger charge is 2.26. The third-order valence-corrected chi connectivity index (χ3v) is 7.15. The molecule has 0 unspecified atom stereocenters. The molecule has 0 atom stereocenters. The van der Waals surface area contributed by atoms with E-state index in [1.165, 1.54) is 15.6 Å². The van der Waals surface area contributed by atoms with E-state index >= 15 is 0 Å². The van der Waals surface area contributed by atoms with Crippen LogP contribution < -0.4 is 4.74 Å². The van der Waals surface area contributed by atoms with Gasteiger partial charge in [0.15, 0.2) is 0 Å². The standard InChI is InChI=1S/C20H20N2O4S2/c23-28(24,22-10-12-25-13-11-22)18-8-6-16(7-9-18)19-15-27-20(21-19)14-26-17-4-2-1-3-5-17/h1-9,15H,10-14H2. The SMILES string of the molecule is O=S(=O)(c1ccc(-c2csc(COc3ccccc3)n2)cc1)N1CCOCC1. The number of aromatic nitrogens is 1. The predicted octanol–water partition coefficient (Wildman–Crippen LogP) is 3.41. The first kappa shape index (κ1) is 19.1. The lowest BCUT2D eigenvalue weighted by atomic mass is 10.2. The molecule has 0 amide bonds. The fraction of sp³-hybridized carbons (Fsp3) is 0.250. The van der Waals surface area contributed by atoms with Crippen LogP contribution in [0.5, 0.6) is 5.75 Å². The van der Waals surface area contributed by atoms with Crippen molar-refractivity contribution < 1.29 is 17.9 Å². The number of benzene rings is 2. The van der Waals surface area contributed by atoms with Crippen LogP contribution in [-0.2, 0) is 21.4 Å². The van der Waals surface area contributed by atoms with Crippen molar-refractivity contribution in [3.05, 3.63) is 65.0 Å². The van der Waals surface area contributed by atoms with Crippen LogP contribution in [0.4, 0.5) is 0 Å². The molecule has 28 heavy (non-hydrogen) atoms. The molecule has 0 radical (unpaired) electrons. The summed E-state index contributed by atoms with van der Waals surface area (Å²) in [5, 5.41) is 2.82. The summed E-state index contributed by atoms with van der Waals surface area (Å²) in [4.78, 5) is 4.89. The molecule has 146 valence electrons. The minimum Gasteiger partial charge on any atom is -0.486 e. The van der Waals surface area contributed by atoms with Gasteiger partial charge < -0.3 is 9.47 Å². The molecule has 0 aliphatic carbocycles. The molecule has 3 aromatic rings. The van der Waals surface area contributed by atoms with E-state index < -0.39 is 10.0 Å². The second kappa shape index (κ2) is 8.40. The van der Waals surface area contributed by atoms with Crippen molar-refractivity contribution in [3.8, 4) is 17.0 Å². The molecule has 1 fully saturated rings. The highest BCUT2D eigenvalue weighted by atomic mass is 32.2. The van der Waals surface area contributed by atoms with Crippen LogP contribution in [0.1, 0.15) is 5.01 Å². The number of hydrogen-bond acceptors (Lipinski definition) is 6. The molecule has 1 aromatic heterocycles. The van der Waals surface area contributed by atoms with Crippen molar-refractivity contribution in [1.82, 2.24) is 9.29 Å². The third-order valence-electron chi connectivity index (χ3n) is 4.42. The molecule has 0 saturated carbocycles. The molecule has 1 aliphatic heterocycles. The summed E-state index contributed by atoms with van der Waals surface area (Å²) in [6, 6.07) is 16.5. The van der Waals surface area contributed by atoms with Gasteiger partial charge >= 0.3 is 0 Å². The van der Waals surface area contributed by atoms with E-state index in [1.807, 2.05) is 35.7 Å². The lowest BCUT2D eigenvalue weighted by Crippen LogP contribution is -2.40. The Morgan fingerprint density at radius 3 is 2.46 bits per heavy atom. The second-order valence-corrected chi connectivity index (χ2v) is 9.15. The molecule has 1 saturated heterocycles. The largest absolute Gasteiger partial charge is 0.486 e. The van der Waals surface area contributed by atoms with Gasteiger partial charge in [0.2, 0.25) is 10.0 Å². The van der Waals surface area contributed by atoms with Crippen LogP contribution in [0.2, 0.25) is 0 Å². The van der Waals surface area contributed by atoms with Gasteiger partial charge in [-0.05, 0) is 24.3 Å². The van der Waals surface area contributed by atoms with Gasteiger partial charge in [-0.25, -0.2) is 13.4 Å². The summed E-state index contributed by atoms with van der Waals surface area (Å²) in [5.41, 5.74) is 1.69. The lowest BCUT2D eigenvalue weighted by Gasteiger charge is -2.26. The molecular formula is C20H20N2O4S2. The number of hydrogen-bond donors (Lipinski definition) is 0. The first-order valence-electron chi connectivity index (χ1n) is 8.93.